The number of hydrogen-bond acceptors (Lipinski definition) is 9. The van der Waals surface area contributed by atoms with Gasteiger partial charge in [0.25, 0.3) is 23.4 Å². The van der Waals surface area contributed by atoms with Crippen molar-refractivity contribution in [1.82, 2.24) is 20.2 Å². The van der Waals surface area contributed by atoms with Gasteiger partial charge < -0.3 is 25.5 Å². The highest BCUT2D eigenvalue weighted by atomic mass is 16.6. The number of nitrogens with zero attached hydrogens (tertiary/aromatic N) is 5. The van der Waals surface area contributed by atoms with Gasteiger partial charge in [0.1, 0.15) is 0 Å². The molecule has 1 fully saturated rings. The van der Waals surface area contributed by atoms with Gasteiger partial charge in [0, 0.05) is 74.2 Å². The van der Waals surface area contributed by atoms with Crippen molar-refractivity contribution in [2.24, 2.45) is 0 Å². The number of aromatic nitrogens is 2. The van der Waals surface area contributed by atoms with E-state index in [1.807, 2.05) is 4.90 Å². The van der Waals surface area contributed by atoms with Crippen LogP contribution in [0, 0.1) is 10.1 Å². The van der Waals surface area contributed by atoms with Crippen LogP contribution in [0.5, 0.6) is 0 Å². The zero-order chi connectivity index (χ0) is 32.6. The number of carbonyl (C=O) groups is 4. The number of carbonyl (C=O) groups excluding carboxylic acids is 3. The summed E-state index contributed by atoms with van der Waals surface area (Å²) in [5, 5.41) is 26.1. The Morgan fingerprint density at radius 2 is 1.52 bits per heavy atom. The van der Waals surface area contributed by atoms with Crippen molar-refractivity contribution in [2.45, 2.75) is 12.5 Å². The Kier molecular flexibility index (Phi) is 9.56. The number of aliphatic carboxylic acids is 1. The molecule has 1 aliphatic heterocycles. The second-order valence-electron chi connectivity index (χ2n) is 10.4. The summed E-state index contributed by atoms with van der Waals surface area (Å²) in [4.78, 5) is 73.4. The van der Waals surface area contributed by atoms with Crippen molar-refractivity contribution < 1.29 is 29.2 Å². The highest BCUT2D eigenvalue weighted by molar-refractivity contribution is 6.07. The average molecular weight is 624 g/mol. The Hall–Kier alpha value is -6.18. The number of amides is 3. The molecule has 1 aliphatic rings. The number of carboxylic acids is 1. The number of benzene rings is 2. The first-order valence-corrected chi connectivity index (χ1v) is 14.3. The van der Waals surface area contributed by atoms with Crippen LogP contribution in [0.4, 0.5) is 17.1 Å². The molecule has 2 aromatic heterocycles. The van der Waals surface area contributed by atoms with E-state index in [-0.39, 0.29) is 29.1 Å². The lowest BCUT2D eigenvalue weighted by atomic mass is 10.0. The van der Waals surface area contributed by atoms with Gasteiger partial charge in [-0.3, -0.25) is 39.3 Å². The van der Waals surface area contributed by atoms with E-state index in [1.54, 1.807) is 47.5 Å². The molecule has 234 valence electrons. The van der Waals surface area contributed by atoms with Gasteiger partial charge in [0.15, 0.2) is 0 Å². The van der Waals surface area contributed by atoms with Crippen LogP contribution < -0.4 is 15.5 Å². The Bertz CT molecular complexity index is 1740. The molecule has 5 rings (SSSR count). The summed E-state index contributed by atoms with van der Waals surface area (Å²) >= 11 is 0. The van der Waals surface area contributed by atoms with E-state index < -0.39 is 28.7 Å². The number of piperazine rings is 1. The van der Waals surface area contributed by atoms with Crippen LogP contribution in [-0.2, 0) is 4.79 Å². The number of anilines is 2. The summed E-state index contributed by atoms with van der Waals surface area (Å²) in [6, 6.07) is 15.7. The fourth-order valence-corrected chi connectivity index (χ4v) is 5.05. The van der Waals surface area contributed by atoms with Crippen LogP contribution in [-0.4, -0.2) is 74.8 Å². The SMILES string of the molecule is O=C(O)CC(NC(=O)c1ccc(N2CCN(C(=O)c3cccnc3)CC2)c(NC(=O)c2ccc([N+](=O)[O-])cc2)c1)c1cccnc1. The third kappa shape index (κ3) is 7.48. The first-order chi connectivity index (χ1) is 22.2. The fourth-order valence-electron chi connectivity index (χ4n) is 5.05. The molecule has 0 spiro atoms. The second-order valence-corrected chi connectivity index (χ2v) is 10.4. The summed E-state index contributed by atoms with van der Waals surface area (Å²) in [7, 11) is 0. The predicted octanol–water partition coefficient (Wildman–Crippen LogP) is 3.55. The van der Waals surface area contributed by atoms with Gasteiger partial charge in [-0.15, -0.1) is 0 Å². The molecule has 0 radical (unpaired) electrons. The molecule has 1 atom stereocenters. The summed E-state index contributed by atoms with van der Waals surface area (Å²) < 4.78 is 0. The highest BCUT2D eigenvalue weighted by Crippen LogP contribution is 2.30. The van der Waals surface area contributed by atoms with Gasteiger partial charge >= 0.3 is 5.97 Å². The van der Waals surface area contributed by atoms with Crippen molar-refractivity contribution >= 4 is 40.8 Å². The number of nitro benzene ring substituents is 1. The summed E-state index contributed by atoms with van der Waals surface area (Å²) in [6.45, 7) is 1.65. The molecule has 0 bridgehead atoms. The normalized spacial score (nSPS) is 13.4. The summed E-state index contributed by atoms with van der Waals surface area (Å²) in [5.41, 5.74) is 2.03. The van der Waals surface area contributed by atoms with Crippen LogP contribution >= 0.6 is 0 Å². The van der Waals surface area contributed by atoms with Crippen LogP contribution in [0.1, 0.15) is 49.1 Å². The molecule has 1 unspecified atom stereocenters. The van der Waals surface area contributed by atoms with Crippen LogP contribution in [0.2, 0.25) is 0 Å². The molecule has 1 saturated heterocycles. The molecule has 14 heteroatoms. The Labute approximate surface area is 262 Å². The maximum Gasteiger partial charge on any atom is 0.305 e. The van der Waals surface area contributed by atoms with Gasteiger partial charge in [-0.05, 0) is 54.1 Å². The highest BCUT2D eigenvalue weighted by Gasteiger charge is 2.26. The topological polar surface area (TPSA) is 188 Å². The number of hydrogen-bond donors (Lipinski definition) is 3. The minimum absolute atomic E-state index is 0.143. The predicted molar refractivity (Wildman–Crippen MR) is 167 cm³/mol. The lowest BCUT2D eigenvalue weighted by Crippen LogP contribution is -2.49. The second kappa shape index (κ2) is 14.1. The molecular formula is C32H29N7O7. The molecule has 46 heavy (non-hydrogen) atoms. The van der Waals surface area contributed by atoms with Crippen LogP contribution in [0.15, 0.2) is 91.5 Å². The van der Waals surface area contributed by atoms with Crippen molar-refractivity contribution in [3.8, 4) is 0 Å². The Balaban J connectivity index is 1.40. The van der Waals surface area contributed by atoms with Crippen molar-refractivity contribution in [1.29, 1.82) is 0 Å². The molecule has 14 nitrogen and oxygen atoms in total. The van der Waals surface area contributed by atoms with E-state index in [0.717, 1.165) is 0 Å². The van der Waals surface area contributed by atoms with E-state index in [9.17, 15) is 34.4 Å². The number of rotatable bonds is 10. The van der Waals surface area contributed by atoms with Crippen molar-refractivity contribution in [3.63, 3.8) is 0 Å². The number of pyridine rings is 2. The standard InChI is InChI=1S/C32H29N7O7/c40-29(41)18-26(23-3-1-11-33-19-23)35-31(43)22-7-10-28(27(17-22)36-30(42)21-5-8-25(9-6-21)39(45)46)37-13-15-38(16-14-37)32(44)24-4-2-12-34-20-24/h1-12,17,19-20,26H,13-16,18H2,(H,35,43)(H,36,42)(H,40,41). The van der Waals surface area contributed by atoms with Crippen molar-refractivity contribution in [3.05, 3.63) is 124 Å². The quantitative estimate of drug-likeness (QED) is 0.174. The van der Waals surface area contributed by atoms with E-state index in [4.69, 9.17) is 0 Å². The van der Waals surface area contributed by atoms with Crippen molar-refractivity contribution in [2.75, 3.05) is 36.4 Å². The minimum Gasteiger partial charge on any atom is -0.481 e. The molecule has 3 heterocycles. The van der Waals surface area contributed by atoms with E-state index in [1.165, 1.54) is 48.9 Å². The molecule has 2 aromatic carbocycles. The third-order valence-corrected chi connectivity index (χ3v) is 7.43. The lowest BCUT2D eigenvalue weighted by molar-refractivity contribution is -0.384. The number of carboxylic acid groups (broad SMARTS) is 1. The van der Waals surface area contributed by atoms with E-state index >= 15 is 0 Å². The Morgan fingerprint density at radius 1 is 0.848 bits per heavy atom. The minimum atomic E-state index is -1.11. The molecular weight excluding hydrogens is 594 g/mol. The zero-order valence-electron chi connectivity index (χ0n) is 24.4. The fraction of sp³-hybridized carbons (Fsp3) is 0.188. The van der Waals surface area contributed by atoms with Crippen LogP contribution in [0.25, 0.3) is 0 Å². The first-order valence-electron chi connectivity index (χ1n) is 14.3. The smallest absolute Gasteiger partial charge is 0.305 e. The van der Waals surface area contributed by atoms with Gasteiger partial charge in [0.05, 0.1) is 34.3 Å². The largest absolute Gasteiger partial charge is 0.481 e. The lowest BCUT2D eigenvalue weighted by Gasteiger charge is -2.37. The molecule has 0 saturated carbocycles. The Morgan fingerprint density at radius 3 is 2.13 bits per heavy atom. The average Bonchev–Trinajstić information content (AvgIpc) is 3.08. The summed E-state index contributed by atoms with van der Waals surface area (Å²) in [6.07, 6.45) is 5.75. The summed E-state index contributed by atoms with van der Waals surface area (Å²) in [5.74, 6) is -2.38. The number of nitro groups is 1. The maximum absolute atomic E-state index is 13.4. The monoisotopic (exact) mass is 623 g/mol. The number of non-ortho nitro benzene ring substituents is 1. The molecule has 4 aromatic rings. The molecule has 3 amide bonds. The molecule has 3 N–H and O–H groups in total. The van der Waals surface area contributed by atoms with Gasteiger partial charge in [0.2, 0.25) is 0 Å². The number of nitrogens with one attached hydrogen (secondary N) is 2. The first kappa shape index (κ1) is 31.3. The van der Waals surface area contributed by atoms with E-state index in [0.29, 0.717) is 48.7 Å². The van der Waals surface area contributed by atoms with Gasteiger partial charge in [-0.2, -0.15) is 0 Å². The van der Waals surface area contributed by atoms with Gasteiger partial charge in [-0.25, -0.2) is 0 Å². The third-order valence-electron chi connectivity index (χ3n) is 7.43. The van der Waals surface area contributed by atoms with Gasteiger partial charge in [-0.1, -0.05) is 6.07 Å². The van der Waals surface area contributed by atoms with E-state index in [2.05, 4.69) is 20.6 Å². The zero-order valence-corrected chi connectivity index (χ0v) is 24.4. The molecule has 0 aliphatic carbocycles. The van der Waals surface area contributed by atoms with Crippen LogP contribution in [0.3, 0.4) is 0 Å². The maximum atomic E-state index is 13.4.